The van der Waals surface area contributed by atoms with Crippen molar-refractivity contribution in [1.82, 2.24) is 14.5 Å². The zero-order valence-electron chi connectivity index (χ0n) is 17.3. The van der Waals surface area contributed by atoms with Crippen molar-refractivity contribution in [3.05, 3.63) is 58.5 Å². The van der Waals surface area contributed by atoms with Crippen LogP contribution in [-0.4, -0.2) is 34.2 Å². The van der Waals surface area contributed by atoms with Crippen LogP contribution >= 0.6 is 11.3 Å². The van der Waals surface area contributed by atoms with Crippen LogP contribution in [0.15, 0.2) is 41.5 Å². The first kappa shape index (κ1) is 21.4. The minimum atomic E-state index is -0.487. The first-order chi connectivity index (χ1) is 14.4. The highest BCUT2D eigenvalue weighted by atomic mass is 32.1. The number of carbonyl (C=O) groups excluding carboxylic acids is 1. The molecule has 0 spiro atoms. The van der Waals surface area contributed by atoms with E-state index in [0.717, 1.165) is 28.2 Å². The zero-order chi connectivity index (χ0) is 21.7. The second-order valence-corrected chi connectivity index (χ2v) is 7.76. The molecule has 0 radical (unpaired) electrons. The Kier molecular flexibility index (Phi) is 6.77. The third kappa shape index (κ3) is 4.64. The van der Waals surface area contributed by atoms with E-state index in [-0.39, 0.29) is 11.6 Å². The SMILES string of the molecule is COCC(C)n1c(C)cc(/C=C(\C#N)C(=O)Nc2nc(-c3cccnc3)cs2)c1C. The molecular weight excluding hydrogens is 398 g/mol. The fourth-order valence-corrected chi connectivity index (χ4v) is 4.10. The number of hydrogen-bond donors (Lipinski definition) is 1. The van der Waals surface area contributed by atoms with Crippen molar-refractivity contribution in [3.8, 4) is 17.3 Å². The molecule has 0 aromatic carbocycles. The lowest BCUT2D eigenvalue weighted by atomic mass is 10.1. The van der Waals surface area contributed by atoms with Gasteiger partial charge in [-0.1, -0.05) is 0 Å². The molecule has 0 saturated heterocycles. The van der Waals surface area contributed by atoms with E-state index in [4.69, 9.17) is 4.74 Å². The Morgan fingerprint density at radius 1 is 1.47 bits per heavy atom. The summed E-state index contributed by atoms with van der Waals surface area (Å²) in [5.41, 5.74) is 4.46. The molecule has 0 fully saturated rings. The number of anilines is 1. The van der Waals surface area contributed by atoms with Gasteiger partial charge in [-0.3, -0.25) is 15.1 Å². The molecular formula is C22H23N5O2S. The van der Waals surface area contributed by atoms with E-state index in [0.29, 0.717) is 11.7 Å². The summed E-state index contributed by atoms with van der Waals surface area (Å²) >= 11 is 1.30. The Balaban J connectivity index is 1.81. The van der Waals surface area contributed by atoms with Gasteiger partial charge >= 0.3 is 0 Å². The number of nitrogens with one attached hydrogen (secondary N) is 1. The number of thiazole rings is 1. The molecule has 0 aliphatic heterocycles. The number of carbonyl (C=O) groups is 1. The molecule has 3 heterocycles. The van der Waals surface area contributed by atoms with Gasteiger partial charge in [-0.25, -0.2) is 4.98 Å². The van der Waals surface area contributed by atoms with E-state index in [2.05, 4.69) is 26.8 Å². The first-order valence-electron chi connectivity index (χ1n) is 9.41. The monoisotopic (exact) mass is 421 g/mol. The maximum Gasteiger partial charge on any atom is 0.268 e. The molecule has 1 N–H and O–H groups in total. The van der Waals surface area contributed by atoms with Crippen LogP contribution in [-0.2, 0) is 9.53 Å². The summed E-state index contributed by atoms with van der Waals surface area (Å²) < 4.78 is 7.40. The number of aromatic nitrogens is 3. The van der Waals surface area contributed by atoms with Crippen LogP contribution in [0.4, 0.5) is 5.13 Å². The normalized spacial score (nSPS) is 12.4. The molecule has 0 aliphatic carbocycles. The minimum absolute atomic E-state index is 0.0211. The Morgan fingerprint density at radius 2 is 2.27 bits per heavy atom. The highest BCUT2D eigenvalue weighted by Gasteiger charge is 2.17. The topological polar surface area (TPSA) is 92.8 Å². The molecule has 0 saturated carbocycles. The molecule has 3 rings (SSSR count). The summed E-state index contributed by atoms with van der Waals surface area (Å²) in [6.07, 6.45) is 5.01. The lowest BCUT2D eigenvalue weighted by Crippen LogP contribution is -2.14. The van der Waals surface area contributed by atoms with E-state index in [1.54, 1.807) is 25.6 Å². The van der Waals surface area contributed by atoms with Crippen molar-refractivity contribution in [2.45, 2.75) is 26.8 Å². The molecule has 0 aliphatic rings. The summed E-state index contributed by atoms with van der Waals surface area (Å²) in [5.74, 6) is -0.487. The maximum absolute atomic E-state index is 12.7. The van der Waals surface area contributed by atoms with Gasteiger partial charge in [-0.2, -0.15) is 5.26 Å². The molecule has 30 heavy (non-hydrogen) atoms. The van der Waals surface area contributed by atoms with Crippen molar-refractivity contribution in [2.75, 3.05) is 19.0 Å². The Hall–Kier alpha value is -3.28. The summed E-state index contributed by atoms with van der Waals surface area (Å²) in [7, 11) is 1.67. The van der Waals surface area contributed by atoms with Crippen molar-refractivity contribution in [1.29, 1.82) is 5.26 Å². The largest absolute Gasteiger partial charge is 0.383 e. The van der Waals surface area contributed by atoms with Crippen molar-refractivity contribution in [2.24, 2.45) is 0 Å². The van der Waals surface area contributed by atoms with Gasteiger partial charge in [0.2, 0.25) is 0 Å². The van der Waals surface area contributed by atoms with E-state index in [9.17, 15) is 10.1 Å². The smallest absolute Gasteiger partial charge is 0.268 e. The summed E-state index contributed by atoms with van der Waals surface area (Å²) in [4.78, 5) is 21.2. The minimum Gasteiger partial charge on any atom is -0.383 e. The molecule has 3 aromatic heterocycles. The summed E-state index contributed by atoms with van der Waals surface area (Å²) in [6.45, 7) is 6.61. The number of nitriles is 1. The number of methoxy groups -OCH3 is 1. The van der Waals surface area contributed by atoms with Crippen LogP contribution in [0.3, 0.4) is 0 Å². The number of amides is 1. The van der Waals surface area contributed by atoms with Crippen LogP contribution in [0.5, 0.6) is 0 Å². The van der Waals surface area contributed by atoms with Crippen molar-refractivity contribution in [3.63, 3.8) is 0 Å². The van der Waals surface area contributed by atoms with Gasteiger partial charge < -0.3 is 9.30 Å². The quantitative estimate of drug-likeness (QED) is 0.451. The fourth-order valence-electron chi connectivity index (χ4n) is 3.39. The van der Waals surface area contributed by atoms with Crippen LogP contribution < -0.4 is 5.32 Å². The van der Waals surface area contributed by atoms with Crippen LogP contribution in [0, 0.1) is 25.2 Å². The van der Waals surface area contributed by atoms with E-state index in [1.807, 2.05) is 43.5 Å². The lowest BCUT2D eigenvalue weighted by Gasteiger charge is -2.17. The average Bonchev–Trinajstić information content (AvgIpc) is 3.30. The van der Waals surface area contributed by atoms with Gasteiger partial charge in [0.1, 0.15) is 11.6 Å². The highest BCUT2D eigenvalue weighted by molar-refractivity contribution is 7.14. The van der Waals surface area contributed by atoms with Crippen molar-refractivity contribution >= 4 is 28.5 Å². The Bertz CT molecular complexity index is 1110. The van der Waals surface area contributed by atoms with Gasteiger partial charge in [-0.15, -0.1) is 11.3 Å². The molecule has 7 nitrogen and oxygen atoms in total. The summed E-state index contributed by atoms with van der Waals surface area (Å²) in [6, 6.07) is 7.84. The first-order valence-corrected chi connectivity index (χ1v) is 10.3. The molecule has 0 bridgehead atoms. The van der Waals surface area contributed by atoms with Gasteiger partial charge in [0.15, 0.2) is 5.13 Å². The van der Waals surface area contributed by atoms with Crippen LogP contribution in [0.1, 0.15) is 29.9 Å². The standard InChI is InChI=1S/C22H23N5O2S/c1-14-8-18(16(3)27(14)15(2)12-29-4)9-19(10-23)21(28)26-22-25-20(13-30-22)17-6-5-7-24-11-17/h5-9,11,13,15H,12H2,1-4H3,(H,25,26,28)/b19-9+. The third-order valence-electron chi connectivity index (χ3n) is 4.72. The fraction of sp³-hybridized carbons (Fsp3) is 0.273. The van der Waals surface area contributed by atoms with Gasteiger partial charge in [-0.05, 0) is 50.6 Å². The molecule has 1 atom stereocenters. The average molecular weight is 422 g/mol. The van der Waals surface area contributed by atoms with Crippen LogP contribution in [0.25, 0.3) is 17.3 Å². The van der Waals surface area contributed by atoms with E-state index in [1.165, 1.54) is 11.3 Å². The van der Waals surface area contributed by atoms with Crippen molar-refractivity contribution < 1.29 is 9.53 Å². The Morgan fingerprint density at radius 3 is 2.93 bits per heavy atom. The predicted octanol–water partition coefficient (Wildman–Crippen LogP) is 4.38. The van der Waals surface area contributed by atoms with Gasteiger partial charge in [0.05, 0.1) is 18.3 Å². The molecule has 1 unspecified atom stereocenters. The molecule has 8 heteroatoms. The summed E-state index contributed by atoms with van der Waals surface area (Å²) in [5, 5.41) is 14.5. The number of aryl methyl sites for hydroxylation is 1. The zero-order valence-corrected chi connectivity index (χ0v) is 18.2. The van der Waals surface area contributed by atoms with Gasteiger partial charge in [0, 0.05) is 41.8 Å². The van der Waals surface area contributed by atoms with E-state index < -0.39 is 5.91 Å². The second kappa shape index (κ2) is 9.48. The van der Waals surface area contributed by atoms with E-state index >= 15 is 0 Å². The molecule has 1 amide bonds. The molecule has 154 valence electrons. The number of hydrogen-bond acceptors (Lipinski definition) is 6. The second-order valence-electron chi connectivity index (χ2n) is 6.90. The molecule has 3 aromatic rings. The number of ether oxygens (including phenoxy) is 1. The third-order valence-corrected chi connectivity index (χ3v) is 5.48. The number of pyridine rings is 1. The highest BCUT2D eigenvalue weighted by Crippen LogP contribution is 2.26. The predicted molar refractivity (Wildman–Crippen MR) is 118 cm³/mol. The van der Waals surface area contributed by atoms with Crippen LogP contribution in [0.2, 0.25) is 0 Å². The maximum atomic E-state index is 12.7. The number of nitrogens with zero attached hydrogens (tertiary/aromatic N) is 4. The lowest BCUT2D eigenvalue weighted by molar-refractivity contribution is -0.112. The van der Waals surface area contributed by atoms with Gasteiger partial charge in [0.25, 0.3) is 5.91 Å². The number of rotatable bonds is 7. The Labute approximate surface area is 179 Å².